The molecular weight excluding hydrogens is 224 g/mol. The van der Waals surface area contributed by atoms with Crippen LogP contribution in [0.1, 0.15) is 26.3 Å². The Bertz CT molecular complexity index is 418. The molecule has 18 heavy (non-hydrogen) atoms. The quantitative estimate of drug-likeness (QED) is 0.756. The van der Waals surface area contributed by atoms with Gasteiger partial charge in [0.2, 0.25) is 0 Å². The molecule has 4 heteroatoms. The maximum absolute atomic E-state index is 8.82. The Morgan fingerprint density at radius 2 is 2.06 bits per heavy atom. The van der Waals surface area contributed by atoms with Gasteiger partial charge < -0.3 is 16.0 Å². The third kappa shape index (κ3) is 3.94. The number of nitrogens with one attached hydrogen (secondary N) is 1. The third-order valence-corrected chi connectivity index (χ3v) is 3.01. The van der Waals surface area contributed by atoms with Crippen molar-refractivity contribution >= 4 is 11.4 Å². The van der Waals surface area contributed by atoms with Crippen molar-refractivity contribution in [2.75, 3.05) is 30.7 Å². The van der Waals surface area contributed by atoms with Crippen LogP contribution in [0.2, 0.25) is 0 Å². The zero-order valence-electron chi connectivity index (χ0n) is 11.4. The van der Waals surface area contributed by atoms with E-state index in [1.165, 1.54) is 0 Å². The Morgan fingerprint density at radius 1 is 1.39 bits per heavy atom. The third-order valence-electron chi connectivity index (χ3n) is 3.01. The van der Waals surface area contributed by atoms with Crippen LogP contribution in [-0.2, 0) is 0 Å². The number of nitrogen functional groups attached to an aromatic ring is 1. The van der Waals surface area contributed by atoms with Gasteiger partial charge in [0.15, 0.2) is 0 Å². The summed E-state index contributed by atoms with van der Waals surface area (Å²) in [6.45, 7) is 9.57. The van der Waals surface area contributed by atoms with Gasteiger partial charge >= 0.3 is 0 Å². The van der Waals surface area contributed by atoms with Crippen molar-refractivity contribution in [1.29, 1.82) is 5.26 Å². The minimum absolute atomic E-state index is 0.345. The number of nitrogens with two attached hydrogens (primary N) is 1. The van der Waals surface area contributed by atoms with Gasteiger partial charge in [0, 0.05) is 18.3 Å². The summed E-state index contributed by atoms with van der Waals surface area (Å²) in [6.07, 6.45) is 0. The molecule has 0 bridgehead atoms. The van der Waals surface area contributed by atoms with Gasteiger partial charge in [0.25, 0.3) is 0 Å². The van der Waals surface area contributed by atoms with Crippen LogP contribution < -0.4 is 11.1 Å². The molecule has 0 saturated heterocycles. The molecule has 0 spiro atoms. The second kappa shape index (κ2) is 6.87. The maximum Gasteiger partial charge on any atom is 0.101 e. The molecule has 3 N–H and O–H groups in total. The molecular formula is C14H22N4. The average Bonchev–Trinajstić information content (AvgIpc) is 2.36. The first-order valence-corrected chi connectivity index (χ1v) is 6.39. The highest BCUT2D eigenvalue weighted by molar-refractivity contribution is 5.62. The highest BCUT2D eigenvalue weighted by atomic mass is 15.1. The summed E-state index contributed by atoms with van der Waals surface area (Å²) in [6, 6.07) is 7.87. The minimum atomic E-state index is 0.345. The van der Waals surface area contributed by atoms with Crippen molar-refractivity contribution in [3.63, 3.8) is 0 Å². The molecule has 0 fully saturated rings. The van der Waals surface area contributed by atoms with Crippen LogP contribution in [0.15, 0.2) is 18.2 Å². The molecule has 0 saturated carbocycles. The van der Waals surface area contributed by atoms with Crippen LogP contribution in [-0.4, -0.2) is 30.6 Å². The standard InChI is InChI=1S/C14H22N4/c1-4-18(5-2)10-11(3)17-13-7-6-12(9-15)14(16)8-13/h6-8,11,17H,4-5,10,16H2,1-3H3. The Balaban J connectivity index is 2.62. The van der Waals surface area contributed by atoms with Gasteiger partial charge in [-0.1, -0.05) is 13.8 Å². The first-order valence-electron chi connectivity index (χ1n) is 6.39. The van der Waals surface area contributed by atoms with Gasteiger partial charge in [0.05, 0.1) is 11.3 Å². The van der Waals surface area contributed by atoms with E-state index in [0.29, 0.717) is 17.3 Å². The van der Waals surface area contributed by atoms with Gasteiger partial charge in [-0.05, 0) is 38.2 Å². The zero-order valence-corrected chi connectivity index (χ0v) is 11.4. The molecule has 0 aliphatic heterocycles. The first kappa shape index (κ1) is 14.3. The summed E-state index contributed by atoms with van der Waals surface area (Å²) < 4.78 is 0. The number of benzene rings is 1. The molecule has 4 nitrogen and oxygen atoms in total. The molecule has 0 heterocycles. The highest BCUT2D eigenvalue weighted by Crippen LogP contribution is 2.17. The number of rotatable bonds is 6. The van der Waals surface area contributed by atoms with Crippen LogP contribution in [0.25, 0.3) is 0 Å². The SMILES string of the molecule is CCN(CC)CC(C)Nc1ccc(C#N)c(N)c1. The van der Waals surface area contributed by atoms with Crippen molar-refractivity contribution in [3.05, 3.63) is 23.8 Å². The van der Waals surface area contributed by atoms with E-state index < -0.39 is 0 Å². The minimum Gasteiger partial charge on any atom is -0.398 e. The molecule has 1 atom stereocenters. The summed E-state index contributed by atoms with van der Waals surface area (Å²) in [4.78, 5) is 2.37. The molecule has 0 aliphatic carbocycles. The molecule has 1 unspecified atom stereocenters. The van der Waals surface area contributed by atoms with Crippen molar-refractivity contribution in [1.82, 2.24) is 4.90 Å². The summed E-state index contributed by atoms with van der Waals surface area (Å²) in [7, 11) is 0. The number of nitrogens with zero attached hydrogens (tertiary/aromatic N) is 2. The van der Waals surface area contributed by atoms with Gasteiger partial charge in [-0.25, -0.2) is 0 Å². The molecule has 0 amide bonds. The fraction of sp³-hybridized carbons (Fsp3) is 0.500. The van der Waals surface area contributed by atoms with Crippen molar-refractivity contribution in [2.24, 2.45) is 0 Å². The molecule has 1 aromatic rings. The van der Waals surface area contributed by atoms with Crippen molar-refractivity contribution in [3.8, 4) is 6.07 Å². The fourth-order valence-electron chi connectivity index (χ4n) is 1.95. The molecule has 1 rings (SSSR count). The predicted octanol–water partition coefficient (Wildman–Crippen LogP) is 2.28. The van der Waals surface area contributed by atoms with Crippen molar-refractivity contribution < 1.29 is 0 Å². The van der Waals surface area contributed by atoms with Gasteiger partial charge in [0.1, 0.15) is 6.07 Å². The van der Waals surface area contributed by atoms with Crippen LogP contribution in [0.3, 0.4) is 0 Å². The lowest BCUT2D eigenvalue weighted by Gasteiger charge is -2.24. The second-order valence-corrected chi connectivity index (χ2v) is 4.45. The predicted molar refractivity (Wildman–Crippen MR) is 76.4 cm³/mol. The summed E-state index contributed by atoms with van der Waals surface area (Å²) in [5.41, 5.74) is 7.80. The lowest BCUT2D eigenvalue weighted by atomic mass is 10.1. The number of hydrogen-bond donors (Lipinski definition) is 2. The zero-order chi connectivity index (χ0) is 13.5. The molecule has 0 aliphatic rings. The van der Waals surface area contributed by atoms with E-state index in [1.54, 1.807) is 6.07 Å². The molecule has 98 valence electrons. The molecule has 1 aromatic carbocycles. The van der Waals surface area contributed by atoms with E-state index in [2.05, 4.69) is 37.1 Å². The van der Waals surface area contributed by atoms with E-state index in [4.69, 9.17) is 11.0 Å². The van der Waals surface area contributed by atoms with Crippen LogP contribution >= 0.6 is 0 Å². The fourth-order valence-corrected chi connectivity index (χ4v) is 1.95. The second-order valence-electron chi connectivity index (χ2n) is 4.45. The Morgan fingerprint density at radius 3 is 2.56 bits per heavy atom. The Hall–Kier alpha value is -1.73. The number of nitriles is 1. The lowest BCUT2D eigenvalue weighted by Crippen LogP contribution is -2.34. The summed E-state index contributed by atoms with van der Waals surface area (Å²) in [5, 5.41) is 12.2. The first-order chi connectivity index (χ1) is 8.60. The highest BCUT2D eigenvalue weighted by Gasteiger charge is 2.07. The van der Waals surface area contributed by atoms with E-state index in [1.807, 2.05) is 12.1 Å². The number of hydrogen-bond acceptors (Lipinski definition) is 4. The molecule has 0 aromatic heterocycles. The van der Waals surface area contributed by atoms with E-state index in [0.717, 1.165) is 25.3 Å². The Kier molecular flexibility index (Phi) is 5.47. The smallest absolute Gasteiger partial charge is 0.101 e. The Labute approximate surface area is 109 Å². The lowest BCUT2D eigenvalue weighted by molar-refractivity contribution is 0.295. The van der Waals surface area contributed by atoms with Gasteiger partial charge in [-0.15, -0.1) is 0 Å². The van der Waals surface area contributed by atoms with E-state index in [9.17, 15) is 0 Å². The van der Waals surface area contributed by atoms with E-state index >= 15 is 0 Å². The normalized spacial score (nSPS) is 12.2. The monoisotopic (exact) mass is 246 g/mol. The van der Waals surface area contributed by atoms with Crippen molar-refractivity contribution in [2.45, 2.75) is 26.8 Å². The van der Waals surface area contributed by atoms with Gasteiger partial charge in [-0.2, -0.15) is 5.26 Å². The summed E-state index contributed by atoms with van der Waals surface area (Å²) in [5.74, 6) is 0. The van der Waals surface area contributed by atoms with Crippen LogP contribution in [0.4, 0.5) is 11.4 Å². The molecule has 0 radical (unpaired) electrons. The van der Waals surface area contributed by atoms with Crippen LogP contribution in [0, 0.1) is 11.3 Å². The average molecular weight is 246 g/mol. The summed E-state index contributed by atoms with van der Waals surface area (Å²) >= 11 is 0. The largest absolute Gasteiger partial charge is 0.398 e. The maximum atomic E-state index is 8.82. The number of likely N-dealkylation sites (N-methyl/N-ethyl adjacent to an activating group) is 1. The topological polar surface area (TPSA) is 65.1 Å². The van der Waals surface area contributed by atoms with Gasteiger partial charge in [-0.3, -0.25) is 0 Å². The number of anilines is 2. The van der Waals surface area contributed by atoms with E-state index in [-0.39, 0.29) is 0 Å². The van der Waals surface area contributed by atoms with Crippen LogP contribution in [0.5, 0.6) is 0 Å².